The van der Waals surface area contributed by atoms with Gasteiger partial charge in [0, 0.05) is 25.7 Å². The second kappa shape index (κ2) is 4.13. The number of hydrogen-bond donors (Lipinski definition) is 2. The molecule has 4 heteroatoms. The van der Waals surface area contributed by atoms with Gasteiger partial charge >= 0.3 is 0 Å². The van der Waals surface area contributed by atoms with Crippen molar-refractivity contribution in [2.24, 2.45) is 5.92 Å². The Morgan fingerprint density at radius 3 is 2.79 bits per heavy atom. The van der Waals surface area contributed by atoms with Crippen molar-refractivity contribution in [3.63, 3.8) is 0 Å². The molecule has 0 aromatic rings. The van der Waals surface area contributed by atoms with E-state index in [0.29, 0.717) is 13.1 Å². The first-order chi connectivity index (χ1) is 6.68. The molecule has 0 bridgehead atoms. The molecule has 3 nitrogen and oxygen atoms in total. The predicted molar refractivity (Wildman–Crippen MR) is 52.9 cm³/mol. The largest absolute Gasteiger partial charge is 0.390 e. The molecule has 0 aromatic heterocycles. The van der Waals surface area contributed by atoms with Gasteiger partial charge < -0.3 is 10.4 Å². The summed E-state index contributed by atoms with van der Waals surface area (Å²) >= 11 is 0. The van der Waals surface area contributed by atoms with Crippen LogP contribution in [0, 0.1) is 5.92 Å². The summed E-state index contributed by atoms with van der Waals surface area (Å²) in [6.07, 6.45) is -0.142. The van der Waals surface area contributed by atoms with Crippen LogP contribution in [0.25, 0.3) is 0 Å². The van der Waals surface area contributed by atoms with Crippen LogP contribution in [-0.4, -0.2) is 54.5 Å². The fourth-order valence-electron chi connectivity index (χ4n) is 2.37. The van der Waals surface area contributed by atoms with Crippen LogP contribution >= 0.6 is 0 Å². The lowest BCUT2D eigenvalue weighted by atomic mass is 9.95. The average Bonchev–Trinajstić information content (AvgIpc) is 2.57. The van der Waals surface area contributed by atoms with Gasteiger partial charge in [-0.1, -0.05) is 6.92 Å². The molecule has 4 atom stereocenters. The summed E-state index contributed by atoms with van der Waals surface area (Å²) in [4.78, 5) is 2.09. The Labute approximate surface area is 84.3 Å². The van der Waals surface area contributed by atoms with Crippen LogP contribution in [0.1, 0.15) is 13.3 Å². The number of nitrogens with zero attached hydrogens (tertiary/aromatic N) is 1. The number of likely N-dealkylation sites (tertiary alicyclic amines) is 1. The highest BCUT2D eigenvalue weighted by atomic mass is 19.1. The van der Waals surface area contributed by atoms with Crippen molar-refractivity contribution >= 4 is 0 Å². The molecular formula is C10H19FN2O. The number of piperidine rings is 1. The monoisotopic (exact) mass is 202 g/mol. The van der Waals surface area contributed by atoms with Crippen LogP contribution in [0.15, 0.2) is 0 Å². The van der Waals surface area contributed by atoms with Crippen LogP contribution in [0.3, 0.4) is 0 Å². The Kier molecular flexibility index (Phi) is 3.04. The van der Waals surface area contributed by atoms with E-state index < -0.39 is 6.17 Å². The Bertz CT molecular complexity index is 203. The zero-order chi connectivity index (χ0) is 10.1. The van der Waals surface area contributed by atoms with Gasteiger partial charge in [0.05, 0.1) is 6.10 Å². The first-order valence-corrected chi connectivity index (χ1v) is 5.45. The Hall–Kier alpha value is -0.190. The third-order valence-electron chi connectivity index (χ3n) is 3.52. The summed E-state index contributed by atoms with van der Waals surface area (Å²) in [5.41, 5.74) is 0. The normalized spacial score (nSPS) is 45.6. The quantitative estimate of drug-likeness (QED) is 0.628. The van der Waals surface area contributed by atoms with Crippen molar-refractivity contribution in [3.05, 3.63) is 0 Å². The van der Waals surface area contributed by atoms with E-state index in [4.69, 9.17) is 0 Å². The molecule has 2 aliphatic rings. The summed E-state index contributed by atoms with van der Waals surface area (Å²) in [5.74, 6) is 0.178. The van der Waals surface area contributed by atoms with Crippen LogP contribution in [-0.2, 0) is 0 Å². The molecule has 2 unspecified atom stereocenters. The van der Waals surface area contributed by atoms with E-state index >= 15 is 0 Å². The van der Waals surface area contributed by atoms with Gasteiger partial charge in [0.1, 0.15) is 6.17 Å². The minimum Gasteiger partial charge on any atom is -0.390 e. The summed E-state index contributed by atoms with van der Waals surface area (Å²) in [5, 5.41) is 12.8. The van der Waals surface area contributed by atoms with Crippen molar-refractivity contribution in [3.8, 4) is 0 Å². The molecular weight excluding hydrogens is 183 g/mol. The number of hydrogen-bond acceptors (Lipinski definition) is 3. The van der Waals surface area contributed by atoms with E-state index in [1.165, 1.54) is 0 Å². The highest BCUT2D eigenvalue weighted by Gasteiger charge is 2.35. The molecule has 2 heterocycles. The lowest BCUT2D eigenvalue weighted by Crippen LogP contribution is -2.50. The van der Waals surface area contributed by atoms with Crippen molar-refractivity contribution in [1.29, 1.82) is 0 Å². The minimum absolute atomic E-state index is 0.126. The second-order valence-corrected chi connectivity index (χ2v) is 4.57. The summed E-state index contributed by atoms with van der Waals surface area (Å²) in [6.45, 7) is 4.82. The fraction of sp³-hybridized carbons (Fsp3) is 1.00. The fourth-order valence-corrected chi connectivity index (χ4v) is 2.37. The number of aliphatic hydroxyl groups excluding tert-OH is 1. The Morgan fingerprint density at radius 1 is 1.43 bits per heavy atom. The standard InChI is InChI=1S/C10H19FN2O/c1-7-2-3-13(6-8(7)11)9-4-12-5-10(9)14/h7-10,12,14H,2-6H2,1H3/t7?,8?,9-,10-/m1/s1. The molecule has 82 valence electrons. The topological polar surface area (TPSA) is 35.5 Å². The summed E-state index contributed by atoms with van der Waals surface area (Å²) in [7, 11) is 0. The van der Waals surface area contributed by atoms with Gasteiger partial charge in [-0.15, -0.1) is 0 Å². The summed E-state index contributed by atoms with van der Waals surface area (Å²) < 4.78 is 13.5. The van der Waals surface area contributed by atoms with Crippen molar-refractivity contribution in [1.82, 2.24) is 10.2 Å². The highest BCUT2D eigenvalue weighted by Crippen LogP contribution is 2.23. The van der Waals surface area contributed by atoms with Gasteiger partial charge in [-0.2, -0.15) is 0 Å². The van der Waals surface area contributed by atoms with Crippen LogP contribution in [0.5, 0.6) is 0 Å². The van der Waals surface area contributed by atoms with E-state index in [1.807, 2.05) is 6.92 Å². The second-order valence-electron chi connectivity index (χ2n) is 4.57. The van der Waals surface area contributed by atoms with E-state index in [-0.39, 0.29) is 18.1 Å². The molecule has 2 saturated heterocycles. The smallest absolute Gasteiger partial charge is 0.115 e. The molecule has 0 amide bonds. The molecule has 2 rings (SSSR count). The van der Waals surface area contributed by atoms with Crippen molar-refractivity contribution in [2.45, 2.75) is 31.7 Å². The molecule has 14 heavy (non-hydrogen) atoms. The minimum atomic E-state index is -0.725. The zero-order valence-corrected chi connectivity index (χ0v) is 8.62. The molecule has 0 spiro atoms. The number of nitrogens with one attached hydrogen (secondary N) is 1. The van der Waals surface area contributed by atoms with Crippen LogP contribution in [0.2, 0.25) is 0 Å². The van der Waals surface area contributed by atoms with Gasteiger partial charge in [0.25, 0.3) is 0 Å². The lowest BCUT2D eigenvalue weighted by Gasteiger charge is -2.37. The number of alkyl halides is 1. The molecule has 0 aliphatic carbocycles. The van der Waals surface area contributed by atoms with Gasteiger partial charge in [-0.25, -0.2) is 4.39 Å². The first kappa shape index (κ1) is 10.3. The third kappa shape index (κ3) is 1.92. The van der Waals surface area contributed by atoms with E-state index in [2.05, 4.69) is 10.2 Å². The maximum atomic E-state index is 13.5. The van der Waals surface area contributed by atoms with E-state index in [9.17, 15) is 9.50 Å². The number of β-amino-alcohol motifs (C(OH)–C–C–N with tert-alkyl or cyclic N) is 1. The lowest BCUT2D eigenvalue weighted by molar-refractivity contribution is 0.0242. The third-order valence-corrected chi connectivity index (χ3v) is 3.52. The molecule has 2 N–H and O–H groups in total. The van der Waals surface area contributed by atoms with Gasteiger partial charge in [0.15, 0.2) is 0 Å². The number of halogens is 1. The average molecular weight is 202 g/mol. The van der Waals surface area contributed by atoms with Crippen molar-refractivity contribution in [2.75, 3.05) is 26.2 Å². The Morgan fingerprint density at radius 2 is 2.21 bits per heavy atom. The molecule has 0 aromatic carbocycles. The van der Waals surface area contributed by atoms with Gasteiger partial charge in [-0.05, 0) is 18.9 Å². The first-order valence-electron chi connectivity index (χ1n) is 5.45. The zero-order valence-electron chi connectivity index (χ0n) is 8.62. The summed E-state index contributed by atoms with van der Waals surface area (Å²) in [6, 6.07) is 0.126. The van der Waals surface area contributed by atoms with Gasteiger partial charge in [-0.3, -0.25) is 4.90 Å². The SMILES string of the molecule is CC1CCN([C@@H]2CNC[C@H]2O)CC1F. The van der Waals surface area contributed by atoms with Gasteiger partial charge in [0.2, 0.25) is 0 Å². The predicted octanol–water partition coefficient (Wildman–Crippen LogP) is -0.00100. The molecule has 2 fully saturated rings. The van der Waals surface area contributed by atoms with E-state index in [1.54, 1.807) is 0 Å². The maximum absolute atomic E-state index is 13.5. The number of rotatable bonds is 1. The molecule has 0 radical (unpaired) electrons. The maximum Gasteiger partial charge on any atom is 0.115 e. The number of aliphatic hydroxyl groups is 1. The molecule has 2 aliphatic heterocycles. The highest BCUT2D eigenvalue weighted by molar-refractivity contribution is 4.92. The van der Waals surface area contributed by atoms with Crippen LogP contribution in [0.4, 0.5) is 4.39 Å². The van der Waals surface area contributed by atoms with E-state index in [0.717, 1.165) is 19.5 Å². The van der Waals surface area contributed by atoms with Crippen LogP contribution < -0.4 is 5.32 Å². The molecule has 0 saturated carbocycles. The Balaban J connectivity index is 1.92. The van der Waals surface area contributed by atoms with Crippen molar-refractivity contribution < 1.29 is 9.50 Å².